The van der Waals surface area contributed by atoms with E-state index in [4.69, 9.17) is 19.6 Å². The third kappa shape index (κ3) is 4.68. The van der Waals surface area contributed by atoms with Crippen LogP contribution in [0, 0.1) is 10.8 Å². The Balaban J connectivity index is 1.46. The number of pyridine rings is 1. The first-order valence-corrected chi connectivity index (χ1v) is 13.5. The Morgan fingerprint density at radius 2 is 1.73 bits per heavy atom. The summed E-state index contributed by atoms with van der Waals surface area (Å²) in [6.45, 7) is 13.3. The van der Waals surface area contributed by atoms with Crippen molar-refractivity contribution in [1.29, 1.82) is 5.41 Å². The minimum atomic E-state index is -0.305. The fraction of sp³-hybridized carbons (Fsp3) is 0.344. The second-order valence-corrected chi connectivity index (χ2v) is 11.2. The van der Waals surface area contributed by atoms with Crippen molar-refractivity contribution in [2.75, 3.05) is 26.9 Å². The molecule has 3 heterocycles. The van der Waals surface area contributed by atoms with Gasteiger partial charge in [0.1, 0.15) is 12.4 Å². The number of rotatable bonds is 8. The highest BCUT2D eigenvalue weighted by molar-refractivity contribution is 6.21. The topological polar surface area (TPSA) is 93.9 Å². The zero-order chi connectivity index (χ0) is 28.8. The molecule has 1 unspecified atom stereocenters. The van der Waals surface area contributed by atoms with Gasteiger partial charge in [0.05, 0.1) is 48.0 Å². The standard InChI is InChI=1S/C32H35N3O5/c1-7-39-19(2)24-18-35-26(17-25(24)33)23-16-27(38-6)28(14-20(23)15-29(35)32(3,4)5)40-13-12-34-30(36)21-10-8-9-11-22(21)31(34)37/h8-11,14,16-18,29,33H,2,7,12-13,15H2,1,3-6H3. The van der Waals surface area contributed by atoms with Crippen molar-refractivity contribution in [1.82, 2.24) is 9.47 Å². The lowest BCUT2D eigenvalue weighted by molar-refractivity contribution is 0.0630. The normalized spacial score (nSPS) is 15.8. The maximum atomic E-state index is 12.7. The molecule has 0 aliphatic carbocycles. The third-order valence-corrected chi connectivity index (χ3v) is 7.60. The van der Waals surface area contributed by atoms with Gasteiger partial charge in [-0.3, -0.25) is 19.9 Å². The molecule has 2 aromatic carbocycles. The largest absolute Gasteiger partial charge is 0.494 e. The molecule has 208 valence electrons. The van der Waals surface area contributed by atoms with E-state index in [0.29, 0.717) is 45.9 Å². The van der Waals surface area contributed by atoms with Crippen LogP contribution >= 0.6 is 0 Å². The van der Waals surface area contributed by atoms with Crippen LogP contribution in [0.5, 0.6) is 11.5 Å². The maximum absolute atomic E-state index is 12.7. The van der Waals surface area contributed by atoms with Crippen molar-refractivity contribution in [2.45, 2.75) is 40.2 Å². The smallest absolute Gasteiger partial charge is 0.261 e. The summed E-state index contributed by atoms with van der Waals surface area (Å²) in [5.74, 6) is 0.963. The van der Waals surface area contributed by atoms with Crippen LogP contribution < -0.4 is 14.8 Å². The number of fused-ring (bicyclic) bond motifs is 4. The van der Waals surface area contributed by atoms with Gasteiger partial charge in [0.2, 0.25) is 0 Å². The number of hydrogen-bond donors (Lipinski definition) is 1. The van der Waals surface area contributed by atoms with Crippen LogP contribution in [-0.2, 0) is 11.2 Å². The summed E-state index contributed by atoms with van der Waals surface area (Å²) in [5.41, 5.74) is 4.38. The molecule has 3 aromatic rings. The molecule has 0 saturated heterocycles. The first-order valence-electron chi connectivity index (χ1n) is 13.5. The van der Waals surface area contributed by atoms with Gasteiger partial charge in [-0.25, -0.2) is 0 Å². The van der Waals surface area contributed by atoms with Gasteiger partial charge in [0, 0.05) is 17.8 Å². The van der Waals surface area contributed by atoms with Crippen molar-refractivity contribution in [3.63, 3.8) is 0 Å². The number of ether oxygens (including phenoxy) is 3. The molecule has 1 N–H and O–H groups in total. The van der Waals surface area contributed by atoms with Crippen molar-refractivity contribution in [3.8, 4) is 22.8 Å². The number of hydrogen-bond acceptors (Lipinski definition) is 6. The van der Waals surface area contributed by atoms with Crippen molar-refractivity contribution in [2.24, 2.45) is 5.41 Å². The minimum absolute atomic E-state index is 0.0860. The van der Waals surface area contributed by atoms with Gasteiger partial charge in [-0.2, -0.15) is 0 Å². The van der Waals surface area contributed by atoms with E-state index < -0.39 is 0 Å². The van der Waals surface area contributed by atoms with E-state index in [2.05, 4.69) is 31.9 Å². The second kappa shape index (κ2) is 10.3. The van der Waals surface area contributed by atoms with E-state index in [0.717, 1.165) is 23.2 Å². The fourth-order valence-corrected chi connectivity index (χ4v) is 5.52. The summed E-state index contributed by atoms with van der Waals surface area (Å²) in [7, 11) is 1.58. The Morgan fingerprint density at radius 3 is 2.33 bits per heavy atom. The molecule has 5 rings (SSSR count). The number of imide groups is 1. The van der Waals surface area contributed by atoms with Gasteiger partial charge in [0.15, 0.2) is 11.5 Å². The molecule has 8 nitrogen and oxygen atoms in total. The van der Waals surface area contributed by atoms with Crippen LogP contribution in [0.2, 0.25) is 0 Å². The molecule has 0 spiro atoms. The number of carbonyl (C=O) groups is 2. The minimum Gasteiger partial charge on any atom is -0.494 e. The highest BCUT2D eigenvalue weighted by Gasteiger charge is 2.36. The highest BCUT2D eigenvalue weighted by atomic mass is 16.5. The summed E-state index contributed by atoms with van der Waals surface area (Å²) >= 11 is 0. The van der Waals surface area contributed by atoms with Crippen molar-refractivity contribution >= 4 is 17.6 Å². The number of nitrogens with zero attached hydrogens (tertiary/aromatic N) is 2. The molecule has 2 aliphatic rings. The number of amides is 2. The molecule has 1 aromatic heterocycles. The van der Waals surface area contributed by atoms with E-state index in [9.17, 15) is 9.59 Å². The van der Waals surface area contributed by atoms with Gasteiger partial charge in [-0.1, -0.05) is 39.5 Å². The van der Waals surface area contributed by atoms with Crippen molar-refractivity contribution in [3.05, 3.63) is 82.9 Å². The molecule has 40 heavy (non-hydrogen) atoms. The quantitative estimate of drug-likeness (QED) is 0.302. The number of aromatic nitrogens is 1. The van der Waals surface area contributed by atoms with Gasteiger partial charge >= 0.3 is 0 Å². The van der Waals surface area contributed by atoms with E-state index in [1.807, 2.05) is 31.3 Å². The second-order valence-electron chi connectivity index (χ2n) is 11.2. The Labute approximate surface area is 234 Å². The van der Waals surface area contributed by atoms with Crippen molar-refractivity contribution < 1.29 is 23.8 Å². The molecule has 2 aliphatic heterocycles. The Morgan fingerprint density at radius 1 is 1.05 bits per heavy atom. The monoisotopic (exact) mass is 541 g/mol. The van der Waals surface area contributed by atoms with E-state index >= 15 is 0 Å². The Bertz CT molecular complexity index is 1550. The zero-order valence-electron chi connectivity index (χ0n) is 23.7. The van der Waals surface area contributed by atoms with E-state index in [-0.39, 0.29) is 36.4 Å². The Kier molecular flexibility index (Phi) is 7.04. The lowest BCUT2D eigenvalue weighted by atomic mass is 9.78. The predicted molar refractivity (Wildman–Crippen MR) is 152 cm³/mol. The SMILES string of the molecule is C=C(OCC)c1cn2c(cc1=N)-c1cc(OC)c(OCCN3C(=O)c4ccccc4C3=O)cc1CC2C(C)(C)C. The summed E-state index contributed by atoms with van der Waals surface area (Å²) in [6, 6.07) is 12.7. The lowest BCUT2D eigenvalue weighted by Gasteiger charge is -2.39. The molecule has 8 heteroatoms. The third-order valence-electron chi connectivity index (χ3n) is 7.60. The maximum Gasteiger partial charge on any atom is 0.261 e. The van der Waals surface area contributed by atoms with Crippen LogP contribution in [0.3, 0.4) is 0 Å². The van der Waals surface area contributed by atoms with Gasteiger partial charge in [0.25, 0.3) is 11.8 Å². The van der Waals surface area contributed by atoms with E-state index in [1.54, 1.807) is 31.4 Å². The van der Waals surface area contributed by atoms with Gasteiger partial charge in [-0.05, 0) is 54.7 Å². The number of carbonyl (C=O) groups excluding carboxylic acids is 2. The summed E-state index contributed by atoms with van der Waals surface area (Å²) < 4.78 is 19.7. The fourth-order valence-electron chi connectivity index (χ4n) is 5.52. The van der Waals surface area contributed by atoms with Crippen LogP contribution in [0.25, 0.3) is 17.0 Å². The number of benzene rings is 2. The number of methoxy groups -OCH3 is 1. The first kappa shape index (κ1) is 27.2. The van der Waals surface area contributed by atoms with E-state index in [1.165, 1.54) is 4.90 Å². The molecule has 0 bridgehead atoms. The van der Waals surface area contributed by atoms with Crippen LogP contribution in [-0.4, -0.2) is 48.1 Å². The highest BCUT2D eigenvalue weighted by Crippen LogP contribution is 2.46. The molecular weight excluding hydrogens is 506 g/mol. The first-order chi connectivity index (χ1) is 19.0. The van der Waals surface area contributed by atoms with Crippen LogP contribution in [0.1, 0.15) is 65.6 Å². The lowest BCUT2D eigenvalue weighted by Crippen LogP contribution is -2.33. The van der Waals surface area contributed by atoms with Crippen LogP contribution in [0.15, 0.2) is 55.2 Å². The average molecular weight is 542 g/mol. The zero-order valence-corrected chi connectivity index (χ0v) is 23.7. The molecule has 0 radical (unpaired) electrons. The average Bonchev–Trinajstić information content (AvgIpc) is 3.16. The molecule has 0 saturated carbocycles. The summed E-state index contributed by atoms with van der Waals surface area (Å²) in [5, 5.41) is 9.05. The van der Waals surface area contributed by atoms with Gasteiger partial charge < -0.3 is 18.8 Å². The van der Waals surface area contributed by atoms with Gasteiger partial charge in [-0.15, -0.1) is 0 Å². The molecule has 2 amide bonds. The molecule has 1 atom stereocenters. The number of nitrogens with one attached hydrogen (secondary N) is 1. The molecular formula is C32H35N3O5. The Hall–Kier alpha value is -4.33. The summed E-state index contributed by atoms with van der Waals surface area (Å²) in [6.07, 6.45) is 2.72. The van der Waals surface area contributed by atoms with Crippen LogP contribution in [0.4, 0.5) is 0 Å². The predicted octanol–water partition coefficient (Wildman–Crippen LogP) is 5.47. The molecule has 0 fully saturated rings. The summed E-state index contributed by atoms with van der Waals surface area (Å²) in [4.78, 5) is 26.7.